The van der Waals surface area contributed by atoms with Crippen molar-refractivity contribution in [3.8, 4) is 0 Å². The van der Waals surface area contributed by atoms with Gasteiger partial charge in [-0.15, -0.1) is 11.6 Å². The SMILES string of the molecule is CCOC(=O)C(=Cc1c(Cl)cccc1Cl)C(=O)CCl. The van der Waals surface area contributed by atoms with Crippen molar-refractivity contribution in [1.82, 2.24) is 0 Å². The van der Waals surface area contributed by atoms with E-state index in [2.05, 4.69) is 0 Å². The van der Waals surface area contributed by atoms with Gasteiger partial charge >= 0.3 is 5.97 Å². The van der Waals surface area contributed by atoms with Crippen LogP contribution in [0.4, 0.5) is 0 Å². The number of esters is 1. The largest absolute Gasteiger partial charge is 0.462 e. The van der Waals surface area contributed by atoms with Crippen LogP contribution in [0.3, 0.4) is 0 Å². The van der Waals surface area contributed by atoms with E-state index >= 15 is 0 Å². The highest BCUT2D eigenvalue weighted by Crippen LogP contribution is 2.27. The smallest absolute Gasteiger partial charge is 0.341 e. The third-order valence-electron chi connectivity index (χ3n) is 2.21. The summed E-state index contributed by atoms with van der Waals surface area (Å²) in [5.74, 6) is -1.62. The first kappa shape index (κ1) is 16.0. The van der Waals surface area contributed by atoms with Crippen LogP contribution in [0, 0.1) is 0 Å². The summed E-state index contributed by atoms with van der Waals surface area (Å²) in [6.45, 7) is 1.80. The van der Waals surface area contributed by atoms with Crippen molar-refractivity contribution < 1.29 is 14.3 Å². The Kier molecular flexibility index (Phi) is 6.35. The number of ether oxygens (including phenoxy) is 1. The molecule has 0 unspecified atom stereocenters. The van der Waals surface area contributed by atoms with Gasteiger partial charge in [0.25, 0.3) is 0 Å². The lowest BCUT2D eigenvalue weighted by atomic mass is 10.1. The van der Waals surface area contributed by atoms with Gasteiger partial charge in [0.2, 0.25) is 0 Å². The molecule has 0 fully saturated rings. The molecule has 0 saturated heterocycles. The normalized spacial score (nSPS) is 11.3. The van der Waals surface area contributed by atoms with Gasteiger partial charge in [-0.05, 0) is 25.1 Å². The second kappa shape index (κ2) is 7.53. The lowest BCUT2D eigenvalue weighted by molar-refractivity contribution is -0.139. The van der Waals surface area contributed by atoms with Crippen molar-refractivity contribution in [2.24, 2.45) is 0 Å². The van der Waals surface area contributed by atoms with Crippen molar-refractivity contribution in [2.45, 2.75) is 6.92 Å². The zero-order valence-electron chi connectivity index (χ0n) is 10.1. The molecule has 0 radical (unpaired) electrons. The average molecular weight is 322 g/mol. The molecule has 0 heterocycles. The number of ketones is 1. The second-order valence-corrected chi connectivity index (χ2v) is 4.55. The van der Waals surface area contributed by atoms with Gasteiger partial charge < -0.3 is 4.74 Å². The number of hydrogen-bond acceptors (Lipinski definition) is 3. The Bertz CT molecular complexity index is 504. The van der Waals surface area contributed by atoms with Crippen LogP contribution in [-0.4, -0.2) is 24.2 Å². The quantitative estimate of drug-likeness (QED) is 0.273. The molecule has 1 aromatic carbocycles. The number of rotatable bonds is 5. The molecule has 0 bridgehead atoms. The molecule has 0 amide bonds. The summed E-state index contributed by atoms with van der Waals surface area (Å²) in [7, 11) is 0. The van der Waals surface area contributed by atoms with Crippen molar-refractivity contribution in [2.75, 3.05) is 12.5 Å². The summed E-state index contributed by atoms with van der Waals surface area (Å²) in [4.78, 5) is 23.4. The monoisotopic (exact) mass is 320 g/mol. The molecule has 19 heavy (non-hydrogen) atoms. The van der Waals surface area contributed by atoms with Crippen LogP contribution in [0.2, 0.25) is 10.0 Å². The third kappa shape index (κ3) is 4.23. The van der Waals surface area contributed by atoms with E-state index in [4.69, 9.17) is 39.5 Å². The maximum absolute atomic E-state index is 11.7. The van der Waals surface area contributed by atoms with Gasteiger partial charge in [-0.2, -0.15) is 0 Å². The first-order chi connectivity index (χ1) is 9.01. The number of alkyl halides is 1. The minimum Gasteiger partial charge on any atom is -0.462 e. The highest BCUT2D eigenvalue weighted by molar-refractivity contribution is 6.39. The predicted octanol–water partition coefficient (Wildman–Crippen LogP) is 3.75. The standard InChI is InChI=1S/C13H11Cl3O3/c1-2-19-13(18)9(12(17)7-14)6-8-10(15)4-3-5-11(8)16/h3-6H,2,7H2,1H3. The van der Waals surface area contributed by atoms with Crippen molar-refractivity contribution >= 4 is 52.6 Å². The number of hydrogen-bond donors (Lipinski definition) is 0. The number of carbonyl (C=O) groups is 2. The summed E-state index contributed by atoms with van der Waals surface area (Å²) in [6, 6.07) is 4.87. The van der Waals surface area contributed by atoms with Crippen LogP contribution in [0.25, 0.3) is 6.08 Å². The first-order valence-electron chi connectivity index (χ1n) is 5.43. The molecule has 1 aromatic rings. The van der Waals surface area contributed by atoms with Crippen LogP contribution in [0.15, 0.2) is 23.8 Å². The Morgan fingerprint density at radius 2 is 1.84 bits per heavy atom. The predicted molar refractivity (Wildman–Crippen MR) is 76.8 cm³/mol. The highest BCUT2D eigenvalue weighted by Gasteiger charge is 2.19. The fourth-order valence-corrected chi connectivity index (χ4v) is 1.98. The van der Waals surface area contributed by atoms with E-state index in [-0.39, 0.29) is 18.1 Å². The Labute approximate surface area is 126 Å². The summed E-state index contributed by atoms with van der Waals surface area (Å²) in [6.07, 6.45) is 1.30. The van der Waals surface area contributed by atoms with E-state index in [1.165, 1.54) is 6.08 Å². The van der Waals surface area contributed by atoms with Gasteiger partial charge in [-0.1, -0.05) is 29.3 Å². The Hall–Kier alpha value is -1.03. The molecule has 0 N–H and O–H groups in total. The molecular formula is C13H11Cl3O3. The Morgan fingerprint density at radius 3 is 2.32 bits per heavy atom. The molecule has 6 heteroatoms. The summed E-state index contributed by atoms with van der Waals surface area (Å²) in [5, 5.41) is 0.661. The van der Waals surface area contributed by atoms with Crippen LogP contribution in [-0.2, 0) is 14.3 Å². The molecule has 0 aromatic heterocycles. The Balaban J connectivity index is 3.27. The van der Waals surface area contributed by atoms with Gasteiger partial charge in [0.05, 0.1) is 12.5 Å². The number of halogens is 3. The Morgan fingerprint density at radius 1 is 1.26 bits per heavy atom. The van der Waals surface area contributed by atoms with Crippen molar-refractivity contribution in [3.05, 3.63) is 39.4 Å². The lowest BCUT2D eigenvalue weighted by Gasteiger charge is -2.06. The van der Waals surface area contributed by atoms with Gasteiger partial charge in [0.15, 0.2) is 5.78 Å². The topological polar surface area (TPSA) is 43.4 Å². The maximum atomic E-state index is 11.7. The number of Topliss-reactive ketones (excluding diaryl/α,β-unsaturated/α-hetero) is 1. The molecular weight excluding hydrogens is 310 g/mol. The van der Waals surface area contributed by atoms with Crippen LogP contribution in [0.1, 0.15) is 12.5 Å². The van der Waals surface area contributed by atoms with E-state index in [0.717, 1.165) is 0 Å². The van der Waals surface area contributed by atoms with Gasteiger partial charge in [0.1, 0.15) is 5.57 Å². The zero-order chi connectivity index (χ0) is 14.4. The molecule has 102 valence electrons. The van der Waals surface area contributed by atoms with E-state index in [9.17, 15) is 9.59 Å². The molecule has 0 aliphatic carbocycles. The van der Waals surface area contributed by atoms with Crippen molar-refractivity contribution in [3.63, 3.8) is 0 Å². The molecule has 0 atom stereocenters. The van der Waals surface area contributed by atoms with Crippen LogP contribution >= 0.6 is 34.8 Å². The van der Waals surface area contributed by atoms with E-state index in [1.807, 2.05) is 0 Å². The fourth-order valence-electron chi connectivity index (χ4n) is 1.33. The molecule has 0 aliphatic heterocycles. The molecule has 0 saturated carbocycles. The van der Waals surface area contributed by atoms with Gasteiger partial charge in [-0.25, -0.2) is 4.79 Å². The highest BCUT2D eigenvalue weighted by atomic mass is 35.5. The summed E-state index contributed by atoms with van der Waals surface area (Å²) < 4.78 is 4.81. The third-order valence-corrected chi connectivity index (χ3v) is 3.11. The molecule has 0 aliphatic rings. The van der Waals surface area contributed by atoms with Gasteiger partial charge in [-0.3, -0.25) is 4.79 Å². The van der Waals surface area contributed by atoms with Gasteiger partial charge in [0, 0.05) is 15.6 Å². The summed E-state index contributed by atoms with van der Waals surface area (Å²) >= 11 is 17.4. The number of carbonyl (C=O) groups excluding carboxylic acids is 2. The average Bonchev–Trinajstić information content (AvgIpc) is 2.38. The fraction of sp³-hybridized carbons (Fsp3) is 0.231. The molecule has 1 rings (SSSR count). The van der Waals surface area contributed by atoms with E-state index in [1.54, 1.807) is 25.1 Å². The maximum Gasteiger partial charge on any atom is 0.341 e. The molecule has 0 spiro atoms. The lowest BCUT2D eigenvalue weighted by Crippen LogP contribution is -2.16. The second-order valence-electron chi connectivity index (χ2n) is 3.47. The minimum absolute atomic E-state index is 0.155. The van der Waals surface area contributed by atoms with Crippen molar-refractivity contribution in [1.29, 1.82) is 0 Å². The zero-order valence-corrected chi connectivity index (χ0v) is 12.4. The minimum atomic E-state index is -0.746. The van der Waals surface area contributed by atoms with E-state index in [0.29, 0.717) is 15.6 Å². The first-order valence-corrected chi connectivity index (χ1v) is 6.72. The number of benzene rings is 1. The van der Waals surface area contributed by atoms with Crippen LogP contribution < -0.4 is 0 Å². The van der Waals surface area contributed by atoms with Crippen LogP contribution in [0.5, 0.6) is 0 Å². The molecule has 3 nitrogen and oxygen atoms in total. The van der Waals surface area contributed by atoms with E-state index < -0.39 is 11.8 Å². The summed E-state index contributed by atoms with van der Waals surface area (Å²) in [5.41, 5.74) is 0.208.